The van der Waals surface area contributed by atoms with Gasteiger partial charge in [0, 0.05) is 24.4 Å². The van der Waals surface area contributed by atoms with Crippen LogP contribution in [0.15, 0.2) is 5.38 Å². The van der Waals surface area contributed by atoms with Crippen molar-refractivity contribution in [3.8, 4) is 0 Å². The van der Waals surface area contributed by atoms with Crippen LogP contribution in [0.4, 0.5) is 4.79 Å². The van der Waals surface area contributed by atoms with Gasteiger partial charge in [0.15, 0.2) is 0 Å². The summed E-state index contributed by atoms with van der Waals surface area (Å²) in [6.07, 6.45) is 1.41. The van der Waals surface area contributed by atoms with E-state index in [1.807, 2.05) is 40.0 Å². The number of hydrogen-bond acceptors (Lipinski definition) is 6. The molecule has 1 aromatic heterocycles. The molecule has 0 aliphatic carbocycles. The second kappa shape index (κ2) is 7.39. The number of aromatic nitrogens is 1. The first-order valence-corrected chi connectivity index (χ1v) is 10.3. The Morgan fingerprint density at radius 3 is 2.52 bits per heavy atom. The number of nitrogens with zero attached hydrogens (tertiary/aromatic N) is 3. The molecule has 0 atom stereocenters. The van der Waals surface area contributed by atoms with Crippen molar-refractivity contribution >= 4 is 23.3 Å². The van der Waals surface area contributed by atoms with Crippen LogP contribution in [0.2, 0.25) is 0 Å². The quantitative estimate of drug-likeness (QED) is 0.767. The largest absolute Gasteiger partial charge is 0.444 e. The van der Waals surface area contributed by atoms with E-state index >= 15 is 0 Å². The summed E-state index contributed by atoms with van der Waals surface area (Å²) in [7, 11) is 0. The number of likely N-dealkylation sites (tertiary alicyclic amines) is 1. The molecule has 2 aliphatic heterocycles. The average molecular weight is 396 g/mol. The van der Waals surface area contributed by atoms with Crippen LogP contribution in [0, 0.1) is 0 Å². The molecule has 7 nitrogen and oxygen atoms in total. The van der Waals surface area contributed by atoms with E-state index in [4.69, 9.17) is 9.47 Å². The zero-order valence-electron chi connectivity index (χ0n) is 16.8. The number of ether oxygens (including phenoxy) is 2. The molecule has 2 saturated heterocycles. The van der Waals surface area contributed by atoms with E-state index in [0.29, 0.717) is 32.1 Å². The minimum absolute atomic E-state index is 0.0776. The van der Waals surface area contributed by atoms with Crippen LogP contribution < -0.4 is 0 Å². The Morgan fingerprint density at radius 1 is 1.30 bits per heavy atom. The predicted molar refractivity (Wildman–Crippen MR) is 103 cm³/mol. The summed E-state index contributed by atoms with van der Waals surface area (Å²) in [5.41, 5.74) is -0.297. The first kappa shape index (κ1) is 20.1. The molecule has 3 heterocycles. The third-order valence-electron chi connectivity index (χ3n) is 4.89. The lowest BCUT2D eigenvalue weighted by Crippen LogP contribution is -2.44. The van der Waals surface area contributed by atoms with Crippen LogP contribution in [0.25, 0.3) is 0 Å². The zero-order chi connectivity index (χ0) is 19.8. The number of carbonyl (C=O) groups excluding carboxylic acids is 2. The number of rotatable bonds is 2. The van der Waals surface area contributed by atoms with Gasteiger partial charge in [0.1, 0.15) is 18.0 Å². The van der Waals surface area contributed by atoms with Crippen LogP contribution in [-0.2, 0) is 9.47 Å². The molecule has 3 rings (SSSR count). The minimum atomic E-state index is -0.481. The lowest BCUT2D eigenvalue weighted by atomic mass is 9.98. The van der Waals surface area contributed by atoms with Gasteiger partial charge in [-0.05, 0) is 47.5 Å². The fourth-order valence-corrected chi connectivity index (χ4v) is 4.29. The Balaban J connectivity index is 1.58. The molecule has 0 aromatic carbocycles. The Hall–Kier alpha value is -1.67. The van der Waals surface area contributed by atoms with Gasteiger partial charge in [-0.3, -0.25) is 4.79 Å². The van der Waals surface area contributed by atoms with Gasteiger partial charge in [-0.25, -0.2) is 9.78 Å². The van der Waals surface area contributed by atoms with E-state index in [2.05, 4.69) is 4.98 Å². The van der Waals surface area contributed by atoms with E-state index in [1.54, 1.807) is 9.80 Å². The molecule has 0 saturated carbocycles. The lowest BCUT2D eigenvalue weighted by Gasteiger charge is -2.32. The minimum Gasteiger partial charge on any atom is -0.444 e. The molecule has 0 N–H and O–H groups in total. The highest BCUT2D eigenvalue weighted by atomic mass is 32.1. The van der Waals surface area contributed by atoms with Gasteiger partial charge in [-0.15, -0.1) is 11.3 Å². The van der Waals surface area contributed by atoms with Gasteiger partial charge in [0.2, 0.25) is 0 Å². The average Bonchev–Trinajstić information content (AvgIpc) is 3.19. The molecule has 0 spiro atoms. The maximum atomic E-state index is 12.8. The Bertz CT molecular complexity index is 702. The van der Waals surface area contributed by atoms with E-state index in [1.165, 1.54) is 11.3 Å². The number of hydrogen-bond donors (Lipinski definition) is 0. The highest BCUT2D eigenvalue weighted by molar-refractivity contribution is 7.09. The third-order valence-corrected chi connectivity index (χ3v) is 5.90. The molecule has 0 bridgehead atoms. The van der Waals surface area contributed by atoms with Crippen molar-refractivity contribution in [2.24, 2.45) is 0 Å². The number of carbonyl (C=O) groups is 2. The number of thiazole rings is 1. The van der Waals surface area contributed by atoms with E-state index in [9.17, 15) is 9.59 Å². The highest BCUT2D eigenvalue weighted by Gasteiger charge is 2.38. The fourth-order valence-electron chi connectivity index (χ4n) is 3.32. The second-order valence-electron chi connectivity index (χ2n) is 8.84. The van der Waals surface area contributed by atoms with Crippen molar-refractivity contribution in [1.82, 2.24) is 14.8 Å². The van der Waals surface area contributed by atoms with Gasteiger partial charge in [-0.1, -0.05) is 0 Å². The Morgan fingerprint density at radius 2 is 1.96 bits per heavy atom. The first-order chi connectivity index (χ1) is 12.6. The van der Waals surface area contributed by atoms with Crippen molar-refractivity contribution in [1.29, 1.82) is 0 Å². The summed E-state index contributed by atoms with van der Waals surface area (Å²) in [5, 5.41) is 2.81. The molecule has 8 heteroatoms. The molecule has 2 fully saturated rings. The third kappa shape index (κ3) is 4.60. The highest BCUT2D eigenvalue weighted by Crippen LogP contribution is 2.32. The molecular formula is C19H29N3O4S. The predicted octanol–water partition coefficient (Wildman–Crippen LogP) is 3.47. The van der Waals surface area contributed by atoms with Gasteiger partial charge >= 0.3 is 6.09 Å². The number of amides is 2. The van der Waals surface area contributed by atoms with Gasteiger partial charge in [0.25, 0.3) is 5.91 Å². The van der Waals surface area contributed by atoms with Crippen LogP contribution in [0.5, 0.6) is 0 Å². The van der Waals surface area contributed by atoms with Crippen LogP contribution in [0.3, 0.4) is 0 Å². The van der Waals surface area contributed by atoms with Gasteiger partial charge < -0.3 is 19.3 Å². The normalized spacial score (nSPS) is 20.8. The van der Waals surface area contributed by atoms with E-state index < -0.39 is 5.60 Å². The van der Waals surface area contributed by atoms with Crippen LogP contribution in [-0.4, -0.2) is 64.4 Å². The summed E-state index contributed by atoms with van der Waals surface area (Å²) >= 11 is 1.53. The van der Waals surface area contributed by atoms with Gasteiger partial charge in [0.05, 0.1) is 17.2 Å². The SMILES string of the molecule is CC(C)(C)OC(=O)N1CCC(c2nc(C(=O)N3COCC3(C)C)cs2)CC1. The maximum Gasteiger partial charge on any atom is 0.410 e. The van der Waals surface area contributed by atoms with Crippen LogP contribution in [0.1, 0.15) is 68.9 Å². The van der Waals surface area contributed by atoms with Crippen molar-refractivity contribution in [3.63, 3.8) is 0 Å². The monoisotopic (exact) mass is 395 g/mol. The summed E-state index contributed by atoms with van der Waals surface area (Å²) < 4.78 is 10.9. The molecule has 150 valence electrons. The zero-order valence-corrected chi connectivity index (χ0v) is 17.6. The van der Waals surface area contributed by atoms with E-state index in [0.717, 1.165) is 17.8 Å². The summed E-state index contributed by atoms with van der Waals surface area (Å²) in [6, 6.07) is 0. The summed E-state index contributed by atoms with van der Waals surface area (Å²) in [5.74, 6) is 0.198. The van der Waals surface area contributed by atoms with Gasteiger partial charge in [-0.2, -0.15) is 0 Å². The molecule has 2 amide bonds. The standard InChI is InChI=1S/C19H29N3O4S/c1-18(2,3)26-17(24)21-8-6-13(7-9-21)15-20-14(10-27-15)16(23)22-12-25-11-19(22,4)5/h10,13H,6-9,11-12H2,1-5H3. The van der Waals surface area contributed by atoms with Crippen molar-refractivity contribution < 1.29 is 19.1 Å². The molecule has 1 aromatic rings. The molecule has 0 unspecified atom stereocenters. The second-order valence-corrected chi connectivity index (χ2v) is 9.73. The summed E-state index contributed by atoms with van der Waals surface area (Å²) in [6.45, 7) is 11.8. The molecule has 0 radical (unpaired) electrons. The van der Waals surface area contributed by atoms with Crippen molar-refractivity contribution in [2.45, 2.75) is 64.5 Å². The van der Waals surface area contributed by atoms with Crippen molar-refractivity contribution in [2.75, 3.05) is 26.4 Å². The Labute approximate surface area is 164 Å². The molecule has 2 aliphatic rings. The molecular weight excluding hydrogens is 366 g/mol. The smallest absolute Gasteiger partial charge is 0.410 e. The van der Waals surface area contributed by atoms with E-state index in [-0.39, 0.29) is 23.5 Å². The topological polar surface area (TPSA) is 72.0 Å². The lowest BCUT2D eigenvalue weighted by molar-refractivity contribution is 0.0204. The molecule has 27 heavy (non-hydrogen) atoms. The van der Waals surface area contributed by atoms with Crippen LogP contribution >= 0.6 is 11.3 Å². The first-order valence-electron chi connectivity index (χ1n) is 9.40. The summed E-state index contributed by atoms with van der Waals surface area (Å²) in [4.78, 5) is 33.0. The maximum absolute atomic E-state index is 12.8. The fraction of sp³-hybridized carbons (Fsp3) is 0.737. The van der Waals surface area contributed by atoms with Crippen molar-refractivity contribution in [3.05, 3.63) is 16.1 Å². The Kier molecular flexibility index (Phi) is 5.49. The number of piperidine rings is 1.